The van der Waals surface area contributed by atoms with E-state index in [0.29, 0.717) is 10.0 Å². The lowest BCUT2D eigenvalue weighted by molar-refractivity contribution is 0.213. The van der Waals surface area contributed by atoms with Crippen molar-refractivity contribution in [1.29, 1.82) is 0 Å². The second-order valence-corrected chi connectivity index (χ2v) is 4.92. The van der Waals surface area contributed by atoms with Gasteiger partial charge in [-0.05, 0) is 28.1 Å². The summed E-state index contributed by atoms with van der Waals surface area (Å²) in [7, 11) is 0. The van der Waals surface area contributed by atoms with Crippen LogP contribution in [0.2, 0.25) is 5.02 Å². The van der Waals surface area contributed by atoms with Crippen LogP contribution in [0.25, 0.3) is 0 Å². The van der Waals surface area contributed by atoms with Crippen molar-refractivity contribution >= 4 is 27.5 Å². The summed E-state index contributed by atoms with van der Waals surface area (Å²) in [5.41, 5.74) is 0.172. The summed E-state index contributed by atoms with van der Waals surface area (Å²) in [5, 5.41) is 10.4. The summed E-state index contributed by atoms with van der Waals surface area (Å²) < 4.78 is 27.3. The maximum atomic E-state index is 13.6. The largest absolute Gasteiger partial charge is 0.383 e. The molecule has 2 aromatic carbocycles. The zero-order valence-corrected chi connectivity index (χ0v) is 11.3. The zero-order chi connectivity index (χ0) is 13.3. The van der Waals surface area contributed by atoms with E-state index in [2.05, 4.69) is 15.9 Å². The molecule has 0 amide bonds. The first-order chi connectivity index (χ1) is 8.52. The van der Waals surface area contributed by atoms with Gasteiger partial charge in [-0.1, -0.05) is 35.9 Å². The molecular formula is C13H8BrClF2O. The van der Waals surface area contributed by atoms with Crippen molar-refractivity contribution in [3.8, 4) is 0 Å². The fourth-order valence-electron chi connectivity index (χ4n) is 1.63. The number of rotatable bonds is 2. The highest BCUT2D eigenvalue weighted by molar-refractivity contribution is 9.10. The van der Waals surface area contributed by atoms with E-state index in [1.165, 1.54) is 12.1 Å². The van der Waals surface area contributed by atoms with Gasteiger partial charge >= 0.3 is 0 Å². The topological polar surface area (TPSA) is 20.2 Å². The smallest absolute Gasteiger partial charge is 0.164 e. The van der Waals surface area contributed by atoms with Gasteiger partial charge in [0.15, 0.2) is 11.6 Å². The van der Waals surface area contributed by atoms with Gasteiger partial charge in [0.1, 0.15) is 6.10 Å². The molecule has 0 spiro atoms. The monoisotopic (exact) mass is 332 g/mol. The summed E-state index contributed by atoms with van der Waals surface area (Å²) in [6.45, 7) is 0. The van der Waals surface area contributed by atoms with Gasteiger partial charge in [0.25, 0.3) is 0 Å². The van der Waals surface area contributed by atoms with Crippen LogP contribution in [0, 0.1) is 11.6 Å². The molecule has 2 aromatic rings. The highest BCUT2D eigenvalue weighted by Gasteiger charge is 2.20. The minimum Gasteiger partial charge on any atom is -0.383 e. The highest BCUT2D eigenvalue weighted by Crippen LogP contribution is 2.34. The highest BCUT2D eigenvalue weighted by atomic mass is 79.9. The van der Waals surface area contributed by atoms with Crippen LogP contribution in [0.5, 0.6) is 0 Å². The number of aliphatic hydroxyl groups is 1. The van der Waals surface area contributed by atoms with E-state index in [0.717, 1.165) is 6.07 Å². The van der Waals surface area contributed by atoms with Crippen LogP contribution in [0.3, 0.4) is 0 Å². The van der Waals surface area contributed by atoms with Crippen molar-refractivity contribution in [3.63, 3.8) is 0 Å². The molecule has 0 bridgehead atoms. The van der Waals surface area contributed by atoms with Gasteiger partial charge in [-0.3, -0.25) is 0 Å². The van der Waals surface area contributed by atoms with Crippen LogP contribution in [-0.4, -0.2) is 5.11 Å². The molecular weight excluding hydrogens is 325 g/mol. The summed E-state index contributed by atoms with van der Waals surface area (Å²) in [6.07, 6.45) is -1.31. The van der Waals surface area contributed by atoms with E-state index < -0.39 is 17.7 Å². The molecule has 1 atom stereocenters. The molecule has 18 heavy (non-hydrogen) atoms. The number of benzene rings is 2. The first-order valence-corrected chi connectivity index (χ1v) is 6.25. The average molecular weight is 334 g/mol. The van der Waals surface area contributed by atoms with E-state index in [4.69, 9.17) is 11.6 Å². The van der Waals surface area contributed by atoms with Crippen molar-refractivity contribution < 1.29 is 13.9 Å². The minimum atomic E-state index is -1.31. The Morgan fingerprint density at radius 3 is 2.39 bits per heavy atom. The van der Waals surface area contributed by atoms with Crippen molar-refractivity contribution in [1.82, 2.24) is 0 Å². The fraction of sp³-hybridized carbons (Fsp3) is 0.0769. The van der Waals surface area contributed by atoms with E-state index in [-0.39, 0.29) is 10.6 Å². The average Bonchev–Trinajstić information content (AvgIpc) is 2.35. The lowest BCUT2D eigenvalue weighted by atomic mass is 10.0. The van der Waals surface area contributed by atoms with Gasteiger partial charge in [0, 0.05) is 15.6 Å². The van der Waals surface area contributed by atoms with Crippen molar-refractivity contribution in [2.75, 3.05) is 0 Å². The molecule has 0 aliphatic carbocycles. The standard InChI is InChI=1S/C13H8BrClF2O/c14-9-5-1-3-7(11(9)15)13(18)8-4-2-6-10(16)12(8)17/h1-6,13,18H. The molecule has 0 saturated carbocycles. The molecule has 5 heteroatoms. The normalized spacial score (nSPS) is 12.5. The van der Waals surface area contributed by atoms with E-state index in [1.807, 2.05) is 0 Å². The number of hydrogen-bond donors (Lipinski definition) is 1. The number of halogens is 4. The van der Waals surface area contributed by atoms with Gasteiger partial charge in [-0.2, -0.15) is 0 Å². The first kappa shape index (κ1) is 13.5. The molecule has 0 aliphatic heterocycles. The van der Waals surface area contributed by atoms with Crippen molar-refractivity contribution in [3.05, 3.63) is 68.7 Å². The molecule has 0 heterocycles. The fourth-order valence-corrected chi connectivity index (χ4v) is 2.24. The third-order valence-electron chi connectivity index (χ3n) is 2.55. The lowest BCUT2D eigenvalue weighted by Crippen LogP contribution is -2.05. The van der Waals surface area contributed by atoms with Crippen molar-refractivity contribution in [2.24, 2.45) is 0 Å². The molecule has 0 aromatic heterocycles. The van der Waals surface area contributed by atoms with Crippen LogP contribution in [0.1, 0.15) is 17.2 Å². The van der Waals surface area contributed by atoms with Gasteiger partial charge in [-0.15, -0.1) is 0 Å². The number of hydrogen-bond acceptors (Lipinski definition) is 1. The first-order valence-electron chi connectivity index (χ1n) is 5.08. The Bertz CT molecular complexity index is 538. The third-order valence-corrected chi connectivity index (χ3v) is 3.86. The molecule has 0 fully saturated rings. The molecule has 0 radical (unpaired) electrons. The second kappa shape index (κ2) is 5.34. The van der Waals surface area contributed by atoms with Gasteiger partial charge in [0.2, 0.25) is 0 Å². The third kappa shape index (κ3) is 2.41. The zero-order valence-electron chi connectivity index (χ0n) is 9.00. The van der Waals surface area contributed by atoms with E-state index >= 15 is 0 Å². The predicted molar refractivity (Wildman–Crippen MR) is 69.6 cm³/mol. The summed E-state index contributed by atoms with van der Waals surface area (Å²) >= 11 is 9.22. The quantitative estimate of drug-likeness (QED) is 0.860. The summed E-state index contributed by atoms with van der Waals surface area (Å²) in [5.74, 6) is -2.07. The maximum absolute atomic E-state index is 13.6. The Kier molecular flexibility index (Phi) is 4.00. The Morgan fingerprint density at radius 1 is 1.06 bits per heavy atom. The Balaban J connectivity index is 2.51. The molecule has 1 unspecified atom stereocenters. The SMILES string of the molecule is OC(c1cccc(F)c1F)c1cccc(Br)c1Cl. The van der Waals surface area contributed by atoms with Crippen molar-refractivity contribution in [2.45, 2.75) is 6.10 Å². The summed E-state index contributed by atoms with van der Waals surface area (Å²) in [4.78, 5) is 0. The molecule has 94 valence electrons. The van der Waals surface area contributed by atoms with Gasteiger partial charge < -0.3 is 5.11 Å². The minimum absolute atomic E-state index is 0.144. The Morgan fingerprint density at radius 2 is 1.67 bits per heavy atom. The van der Waals surface area contributed by atoms with E-state index in [9.17, 15) is 13.9 Å². The van der Waals surface area contributed by atoms with Gasteiger partial charge in [0.05, 0.1) is 5.02 Å². The van der Waals surface area contributed by atoms with Crippen LogP contribution in [0.4, 0.5) is 8.78 Å². The van der Waals surface area contributed by atoms with Crippen LogP contribution >= 0.6 is 27.5 Å². The second-order valence-electron chi connectivity index (χ2n) is 3.69. The molecule has 1 N–H and O–H groups in total. The molecule has 2 rings (SSSR count). The number of aliphatic hydroxyl groups excluding tert-OH is 1. The van der Waals surface area contributed by atoms with Crippen LogP contribution in [0.15, 0.2) is 40.9 Å². The maximum Gasteiger partial charge on any atom is 0.164 e. The lowest BCUT2D eigenvalue weighted by Gasteiger charge is -2.14. The van der Waals surface area contributed by atoms with E-state index in [1.54, 1.807) is 18.2 Å². The van der Waals surface area contributed by atoms with Crippen LogP contribution < -0.4 is 0 Å². The predicted octanol–water partition coefficient (Wildman–Crippen LogP) is 4.46. The molecule has 0 saturated heterocycles. The molecule has 0 aliphatic rings. The van der Waals surface area contributed by atoms with Crippen LogP contribution in [-0.2, 0) is 0 Å². The Hall–Kier alpha value is -0.970. The van der Waals surface area contributed by atoms with Gasteiger partial charge in [-0.25, -0.2) is 8.78 Å². The Labute approximate surface area is 116 Å². The summed E-state index contributed by atoms with van der Waals surface area (Å²) in [6, 6.07) is 8.56. The molecule has 1 nitrogen and oxygen atoms in total.